The van der Waals surface area contributed by atoms with E-state index < -0.39 is 11.7 Å². The maximum absolute atomic E-state index is 12.9. The average molecular weight is 373 g/mol. The summed E-state index contributed by atoms with van der Waals surface area (Å²) in [5.41, 5.74) is 0.745. The van der Waals surface area contributed by atoms with Crippen molar-refractivity contribution >= 4 is 17.6 Å². The molecule has 26 heavy (non-hydrogen) atoms. The minimum atomic E-state index is -0.613. The fraction of sp³-hybridized carbons (Fsp3) is 0.316. The van der Waals surface area contributed by atoms with Gasteiger partial charge in [-0.15, -0.1) is 6.42 Å². The van der Waals surface area contributed by atoms with Crippen LogP contribution in [0.5, 0.6) is 0 Å². The molecule has 0 amide bonds. The number of halogens is 1. The van der Waals surface area contributed by atoms with E-state index in [4.69, 9.17) is 22.8 Å². The number of carbonyl (C=O) groups is 1. The summed E-state index contributed by atoms with van der Waals surface area (Å²) in [4.78, 5) is 37.9. The molecule has 0 radical (unpaired) electrons. The van der Waals surface area contributed by atoms with Crippen molar-refractivity contribution in [1.82, 2.24) is 9.13 Å². The Morgan fingerprint density at radius 1 is 1.35 bits per heavy atom. The monoisotopic (exact) mass is 372 g/mol. The summed E-state index contributed by atoms with van der Waals surface area (Å²) in [6.45, 7) is 1.95. The van der Waals surface area contributed by atoms with Crippen molar-refractivity contribution in [3.05, 3.63) is 60.9 Å². The van der Waals surface area contributed by atoms with Gasteiger partial charge < -0.3 is 4.74 Å². The molecule has 6 nitrogen and oxygen atoms in total. The third-order valence-corrected chi connectivity index (χ3v) is 4.68. The van der Waals surface area contributed by atoms with Gasteiger partial charge in [0, 0.05) is 11.3 Å². The predicted octanol–water partition coefficient (Wildman–Crippen LogP) is 1.95. The largest absolute Gasteiger partial charge is 0.462 e. The molecule has 7 heteroatoms. The lowest BCUT2D eigenvalue weighted by Gasteiger charge is -2.14. The van der Waals surface area contributed by atoms with Crippen LogP contribution in [0.3, 0.4) is 0 Å². The van der Waals surface area contributed by atoms with Crippen LogP contribution in [-0.4, -0.2) is 21.7 Å². The van der Waals surface area contributed by atoms with Crippen LogP contribution >= 0.6 is 11.6 Å². The highest BCUT2D eigenvalue weighted by atomic mass is 35.5. The zero-order valence-corrected chi connectivity index (χ0v) is 15.0. The first-order valence-electron chi connectivity index (χ1n) is 8.27. The van der Waals surface area contributed by atoms with Crippen LogP contribution in [-0.2, 0) is 24.1 Å². The number of carbonyl (C=O) groups excluding carboxylic acids is 1. The number of hydrogen-bond acceptors (Lipinski definition) is 4. The minimum Gasteiger partial charge on any atom is -0.462 e. The maximum Gasteiger partial charge on any atom is 0.339 e. The van der Waals surface area contributed by atoms with E-state index in [1.54, 1.807) is 6.92 Å². The minimum absolute atomic E-state index is 0.0831. The Hall–Kier alpha value is -2.78. The van der Waals surface area contributed by atoms with E-state index in [1.807, 2.05) is 0 Å². The van der Waals surface area contributed by atoms with Gasteiger partial charge in [0.05, 0.1) is 29.4 Å². The van der Waals surface area contributed by atoms with Gasteiger partial charge in [0.2, 0.25) is 0 Å². The number of fused-ring (bicyclic) bond motifs is 1. The van der Waals surface area contributed by atoms with Crippen LogP contribution < -0.4 is 11.2 Å². The number of rotatable bonds is 4. The van der Waals surface area contributed by atoms with Crippen molar-refractivity contribution in [2.45, 2.75) is 32.7 Å². The molecule has 0 fully saturated rings. The van der Waals surface area contributed by atoms with Crippen molar-refractivity contribution in [3.63, 3.8) is 0 Å². The van der Waals surface area contributed by atoms with Crippen molar-refractivity contribution in [1.29, 1.82) is 0 Å². The van der Waals surface area contributed by atoms with Gasteiger partial charge in [-0.2, -0.15) is 0 Å². The van der Waals surface area contributed by atoms with E-state index in [-0.39, 0.29) is 35.0 Å². The molecule has 1 aromatic carbocycles. The quantitative estimate of drug-likeness (QED) is 0.607. The molecule has 0 spiro atoms. The summed E-state index contributed by atoms with van der Waals surface area (Å²) >= 11 is 6.07. The zero-order chi connectivity index (χ0) is 18.8. The van der Waals surface area contributed by atoms with Crippen molar-refractivity contribution in [3.8, 4) is 18.0 Å². The molecular weight excluding hydrogens is 356 g/mol. The highest BCUT2D eigenvalue weighted by Crippen LogP contribution is 2.21. The van der Waals surface area contributed by atoms with Gasteiger partial charge in [0.1, 0.15) is 0 Å². The first kappa shape index (κ1) is 18.0. The lowest BCUT2D eigenvalue weighted by atomic mass is 10.2. The molecule has 0 aliphatic heterocycles. The average Bonchev–Trinajstić information content (AvgIpc) is 3.10. The third-order valence-electron chi connectivity index (χ3n) is 4.35. The lowest BCUT2D eigenvalue weighted by molar-refractivity contribution is 0.0526. The molecule has 1 aliphatic carbocycles. The first-order valence-corrected chi connectivity index (χ1v) is 8.65. The van der Waals surface area contributed by atoms with Gasteiger partial charge in [-0.25, -0.2) is 14.2 Å². The lowest BCUT2D eigenvalue weighted by Crippen LogP contribution is -2.41. The second-order valence-electron chi connectivity index (χ2n) is 5.88. The number of benzene rings is 1. The van der Waals surface area contributed by atoms with E-state index in [0.29, 0.717) is 24.1 Å². The number of esters is 1. The highest BCUT2D eigenvalue weighted by molar-refractivity contribution is 6.33. The maximum atomic E-state index is 12.9. The van der Waals surface area contributed by atoms with E-state index >= 15 is 0 Å². The van der Waals surface area contributed by atoms with Gasteiger partial charge >= 0.3 is 11.7 Å². The van der Waals surface area contributed by atoms with Crippen LogP contribution in [0.4, 0.5) is 0 Å². The third kappa shape index (κ3) is 2.95. The molecule has 2 aromatic rings. The van der Waals surface area contributed by atoms with Crippen LogP contribution in [0.1, 0.15) is 35.0 Å². The summed E-state index contributed by atoms with van der Waals surface area (Å²) in [6.07, 6.45) is 7.43. The highest BCUT2D eigenvalue weighted by Gasteiger charge is 2.24. The zero-order valence-electron chi connectivity index (χ0n) is 14.3. The molecule has 0 saturated carbocycles. The van der Waals surface area contributed by atoms with Gasteiger partial charge in [-0.05, 0) is 44.4 Å². The second kappa shape index (κ2) is 7.22. The Balaban J connectivity index is 2.26. The molecule has 0 bridgehead atoms. The fourth-order valence-corrected chi connectivity index (χ4v) is 3.41. The van der Waals surface area contributed by atoms with E-state index in [1.165, 1.54) is 22.8 Å². The molecule has 0 saturated heterocycles. The summed E-state index contributed by atoms with van der Waals surface area (Å²) in [6, 6.07) is 4.38. The van der Waals surface area contributed by atoms with Crippen molar-refractivity contribution in [2.24, 2.45) is 0 Å². The van der Waals surface area contributed by atoms with Gasteiger partial charge in [-0.3, -0.25) is 9.36 Å². The summed E-state index contributed by atoms with van der Waals surface area (Å²) in [5, 5.41) is 0.186. The van der Waals surface area contributed by atoms with Crippen LogP contribution in [0.15, 0.2) is 27.8 Å². The summed E-state index contributed by atoms with van der Waals surface area (Å²) in [7, 11) is 0. The Labute approximate surface area is 155 Å². The summed E-state index contributed by atoms with van der Waals surface area (Å²) < 4.78 is 7.46. The number of nitrogens with zero attached hydrogens (tertiary/aromatic N) is 2. The van der Waals surface area contributed by atoms with Crippen LogP contribution in [0.25, 0.3) is 5.69 Å². The van der Waals surface area contributed by atoms with E-state index in [2.05, 4.69) is 5.92 Å². The number of hydrogen-bond donors (Lipinski definition) is 0. The van der Waals surface area contributed by atoms with Crippen molar-refractivity contribution < 1.29 is 9.53 Å². The molecule has 1 aromatic heterocycles. The van der Waals surface area contributed by atoms with Crippen LogP contribution in [0.2, 0.25) is 5.02 Å². The standard InChI is InChI=1S/C19H17ClN2O4/c1-3-10-21-16-7-5-6-13(16)17(23)22(19(21)25)12-8-9-15(20)14(11-12)18(24)26-4-2/h1,8-9,11H,4-7,10H2,2H3. The molecule has 0 N–H and O–H groups in total. The van der Waals surface area contributed by atoms with E-state index in [0.717, 1.165) is 11.0 Å². The predicted molar refractivity (Wildman–Crippen MR) is 98.1 cm³/mol. The molecule has 1 aliphatic rings. The molecule has 134 valence electrons. The fourth-order valence-electron chi connectivity index (χ4n) is 3.21. The Bertz CT molecular complexity index is 1040. The van der Waals surface area contributed by atoms with Gasteiger partial charge in [0.15, 0.2) is 0 Å². The Kier molecular flexibility index (Phi) is 5.01. The van der Waals surface area contributed by atoms with Crippen molar-refractivity contribution in [2.75, 3.05) is 6.61 Å². The van der Waals surface area contributed by atoms with E-state index in [9.17, 15) is 14.4 Å². The summed E-state index contributed by atoms with van der Waals surface area (Å²) in [5.74, 6) is 1.85. The number of aromatic nitrogens is 2. The molecule has 0 atom stereocenters. The molecule has 0 unspecified atom stereocenters. The molecule has 1 heterocycles. The molecular formula is C19H17ClN2O4. The number of ether oxygens (including phenoxy) is 1. The van der Waals surface area contributed by atoms with Gasteiger partial charge in [0.25, 0.3) is 5.56 Å². The topological polar surface area (TPSA) is 70.3 Å². The Morgan fingerprint density at radius 3 is 2.81 bits per heavy atom. The SMILES string of the molecule is C#CCn1c2c(c(=O)n(-c3ccc(Cl)c(C(=O)OCC)c3)c1=O)CCC2. The normalized spacial score (nSPS) is 12.5. The second-order valence-corrected chi connectivity index (χ2v) is 6.28. The molecule has 3 rings (SSSR count). The Morgan fingerprint density at radius 2 is 2.12 bits per heavy atom. The smallest absolute Gasteiger partial charge is 0.339 e. The number of terminal acetylenes is 1. The first-order chi connectivity index (χ1) is 12.5. The van der Waals surface area contributed by atoms with Crippen LogP contribution in [0, 0.1) is 12.3 Å². The van der Waals surface area contributed by atoms with Gasteiger partial charge in [-0.1, -0.05) is 17.5 Å².